The number of amides is 1. The van der Waals surface area contributed by atoms with E-state index in [-0.39, 0.29) is 17.2 Å². The standard InChI is InChI=1S/C23H25N3O4/c1-15-10-12-25(13-11-15)23(28)21-17-6-4-5-7-18(17)22(27)26(24-21)19-9-8-16(29-2)14-20(19)30-3/h4-9,14-15H,10-13H2,1-3H3. The van der Waals surface area contributed by atoms with E-state index >= 15 is 0 Å². The highest BCUT2D eigenvalue weighted by atomic mass is 16.5. The summed E-state index contributed by atoms with van der Waals surface area (Å²) in [4.78, 5) is 28.4. The van der Waals surface area contributed by atoms with Crippen molar-refractivity contribution >= 4 is 16.7 Å². The van der Waals surface area contributed by atoms with E-state index < -0.39 is 0 Å². The third-order valence-corrected chi connectivity index (χ3v) is 5.69. The quantitative estimate of drug-likeness (QED) is 0.664. The molecule has 2 aromatic carbocycles. The van der Waals surface area contributed by atoms with E-state index in [9.17, 15) is 9.59 Å². The minimum atomic E-state index is -0.308. The van der Waals surface area contributed by atoms with E-state index in [1.165, 1.54) is 11.8 Å². The van der Waals surface area contributed by atoms with Crippen LogP contribution in [0.3, 0.4) is 0 Å². The molecule has 0 aliphatic carbocycles. The van der Waals surface area contributed by atoms with Gasteiger partial charge < -0.3 is 14.4 Å². The summed E-state index contributed by atoms with van der Waals surface area (Å²) in [7, 11) is 3.08. The van der Waals surface area contributed by atoms with Crippen molar-refractivity contribution in [3.05, 3.63) is 58.5 Å². The number of ether oxygens (including phenoxy) is 2. The number of hydrogen-bond donors (Lipinski definition) is 0. The molecule has 0 radical (unpaired) electrons. The van der Waals surface area contributed by atoms with Crippen molar-refractivity contribution in [1.29, 1.82) is 0 Å². The van der Waals surface area contributed by atoms with E-state index in [1.807, 2.05) is 11.0 Å². The molecule has 1 amide bonds. The molecule has 1 fully saturated rings. The van der Waals surface area contributed by atoms with Crippen molar-refractivity contribution in [1.82, 2.24) is 14.7 Å². The van der Waals surface area contributed by atoms with Gasteiger partial charge >= 0.3 is 0 Å². The lowest BCUT2D eigenvalue weighted by atomic mass is 9.99. The number of nitrogens with zero attached hydrogens (tertiary/aromatic N) is 3. The average Bonchev–Trinajstić information content (AvgIpc) is 2.79. The molecule has 4 rings (SSSR count). The molecule has 0 spiro atoms. The number of fused-ring (bicyclic) bond motifs is 1. The van der Waals surface area contributed by atoms with Gasteiger partial charge in [0.05, 0.1) is 19.6 Å². The molecule has 1 aromatic heterocycles. The maximum atomic E-state index is 13.4. The zero-order valence-corrected chi connectivity index (χ0v) is 17.4. The summed E-state index contributed by atoms with van der Waals surface area (Å²) in [5.74, 6) is 1.49. The van der Waals surface area contributed by atoms with Crippen molar-refractivity contribution in [2.75, 3.05) is 27.3 Å². The van der Waals surface area contributed by atoms with E-state index in [0.29, 0.717) is 47.0 Å². The van der Waals surface area contributed by atoms with Crippen LogP contribution in [0, 0.1) is 5.92 Å². The molecule has 0 unspecified atom stereocenters. The molecule has 1 aliphatic rings. The minimum Gasteiger partial charge on any atom is -0.497 e. The van der Waals surface area contributed by atoms with Crippen LogP contribution >= 0.6 is 0 Å². The fraction of sp³-hybridized carbons (Fsp3) is 0.348. The van der Waals surface area contributed by atoms with Crippen LogP contribution in [0.4, 0.5) is 0 Å². The maximum Gasteiger partial charge on any atom is 0.279 e. The first kappa shape index (κ1) is 19.9. The number of benzene rings is 2. The first-order valence-corrected chi connectivity index (χ1v) is 10.1. The van der Waals surface area contributed by atoms with Crippen LogP contribution in [0.25, 0.3) is 16.5 Å². The van der Waals surface area contributed by atoms with Crippen molar-refractivity contribution < 1.29 is 14.3 Å². The molecule has 30 heavy (non-hydrogen) atoms. The molecule has 0 saturated carbocycles. The summed E-state index contributed by atoms with van der Waals surface area (Å²) in [6.45, 7) is 3.59. The zero-order valence-electron chi connectivity index (χ0n) is 17.4. The summed E-state index contributed by atoms with van der Waals surface area (Å²) >= 11 is 0. The predicted octanol–water partition coefficient (Wildman–Crippen LogP) is 3.28. The molecule has 3 aromatic rings. The Balaban J connectivity index is 1.89. The summed E-state index contributed by atoms with van der Waals surface area (Å²) in [6.07, 6.45) is 1.94. The van der Waals surface area contributed by atoms with Crippen LogP contribution in [0.5, 0.6) is 11.5 Å². The Hall–Kier alpha value is -3.35. The highest BCUT2D eigenvalue weighted by Gasteiger charge is 2.26. The van der Waals surface area contributed by atoms with Crippen LogP contribution in [0.2, 0.25) is 0 Å². The molecular weight excluding hydrogens is 382 g/mol. The number of carbonyl (C=O) groups is 1. The molecular formula is C23H25N3O4. The third-order valence-electron chi connectivity index (χ3n) is 5.69. The Morgan fingerprint density at radius 1 is 1.03 bits per heavy atom. The number of likely N-dealkylation sites (tertiary alicyclic amines) is 1. The van der Waals surface area contributed by atoms with Crippen LogP contribution in [-0.4, -0.2) is 47.9 Å². The SMILES string of the molecule is COc1ccc(-n2nc(C(=O)N3CCC(C)CC3)c3ccccc3c2=O)c(OC)c1. The van der Waals surface area contributed by atoms with Gasteiger partial charge in [0.25, 0.3) is 11.5 Å². The van der Waals surface area contributed by atoms with Crippen LogP contribution < -0.4 is 15.0 Å². The second-order valence-corrected chi connectivity index (χ2v) is 7.62. The fourth-order valence-electron chi connectivity index (χ4n) is 3.83. The molecule has 156 valence electrons. The summed E-state index contributed by atoms with van der Waals surface area (Å²) < 4.78 is 12.0. The van der Waals surface area contributed by atoms with Gasteiger partial charge in [0.15, 0.2) is 5.69 Å². The number of hydrogen-bond acceptors (Lipinski definition) is 5. The largest absolute Gasteiger partial charge is 0.497 e. The number of aromatic nitrogens is 2. The average molecular weight is 407 g/mol. The van der Waals surface area contributed by atoms with Gasteiger partial charge in [-0.2, -0.15) is 9.78 Å². The number of methoxy groups -OCH3 is 2. The highest BCUT2D eigenvalue weighted by Crippen LogP contribution is 2.28. The Morgan fingerprint density at radius 2 is 1.73 bits per heavy atom. The smallest absolute Gasteiger partial charge is 0.279 e. The summed E-state index contributed by atoms with van der Waals surface area (Å²) in [5, 5.41) is 5.53. The molecule has 1 saturated heterocycles. The first-order chi connectivity index (χ1) is 14.5. The maximum absolute atomic E-state index is 13.4. The summed E-state index contributed by atoms with van der Waals surface area (Å²) in [5.41, 5.74) is 0.422. The number of rotatable bonds is 4. The van der Waals surface area contributed by atoms with Crippen molar-refractivity contribution in [3.8, 4) is 17.2 Å². The van der Waals surface area contributed by atoms with Gasteiger partial charge in [0.1, 0.15) is 17.2 Å². The molecule has 1 aliphatic heterocycles. The lowest BCUT2D eigenvalue weighted by molar-refractivity contribution is 0.0691. The highest BCUT2D eigenvalue weighted by molar-refractivity contribution is 6.04. The van der Waals surface area contributed by atoms with Crippen molar-refractivity contribution in [3.63, 3.8) is 0 Å². The zero-order chi connectivity index (χ0) is 21.3. The van der Waals surface area contributed by atoms with Crippen LogP contribution in [0.1, 0.15) is 30.3 Å². The van der Waals surface area contributed by atoms with Crippen molar-refractivity contribution in [2.45, 2.75) is 19.8 Å². The number of carbonyl (C=O) groups excluding carboxylic acids is 1. The molecule has 7 nitrogen and oxygen atoms in total. The molecule has 0 N–H and O–H groups in total. The van der Waals surface area contributed by atoms with Gasteiger partial charge in [-0.15, -0.1) is 0 Å². The van der Waals surface area contributed by atoms with Gasteiger partial charge in [-0.1, -0.05) is 25.1 Å². The molecule has 0 atom stereocenters. The lowest BCUT2D eigenvalue weighted by Gasteiger charge is -2.30. The van der Waals surface area contributed by atoms with Crippen molar-refractivity contribution in [2.24, 2.45) is 5.92 Å². The normalized spacial score (nSPS) is 14.7. The van der Waals surface area contributed by atoms with E-state index in [4.69, 9.17) is 9.47 Å². The Kier molecular flexibility index (Phi) is 5.44. The number of piperidine rings is 1. The fourth-order valence-corrected chi connectivity index (χ4v) is 3.83. The topological polar surface area (TPSA) is 73.7 Å². The van der Waals surface area contributed by atoms with E-state index in [0.717, 1.165) is 12.8 Å². The second-order valence-electron chi connectivity index (χ2n) is 7.62. The Morgan fingerprint density at radius 3 is 2.40 bits per heavy atom. The van der Waals surface area contributed by atoms with Gasteiger partial charge in [0, 0.05) is 24.5 Å². The predicted molar refractivity (Wildman–Crippen MR) is 115 cm³/mol. The van der Waals surface area contributed by atoms with E-state index in [1.54, 1.807) is 43.5 Å². The van der Waals surface area contributed by atoms with Gasteiger partial charge in [-0.05, 0) is 37.0 Å². The molecule has 7 heteroatoms. The summed E-state index contributed by atoms with van der Waals surface area (Å²) in [6, 6.07) is 12.2. The minimum absolute atomic E-state index is 0.153. The first-order valence-electron chi connectivity index (χ1n) is 10.1. The lowest BCUT2D eigenvalue weighted by Crippen LogP contribution is -2.39. The molecule has 2 heterocycles. The van der Waals surface area contributed by atoms with Gasteiger partial charge in [0.2, 0.25) is 0 Å². The van der Waals surface area contributed by atoms with Crippen LogP contribution in [0.15, 0.2) is 47.3 Å². The monoisotopic (exact) mass is 407 g/mol. The Bertz CT molecular complexity index is 1150. The second kappa shape index (κ2) is 8.18. The third kappa shape index (κ3) is 3.51. The molecule has 0 bridgehead atoms. The Labute approximate surface area is 174 Å². The van der Waals surface area contributed by atoms with Crippen LogP contribution in [-0.2, 0) is 0 Å². The van der Waals surface area contributed by atoms with E-state index in [2.05, 4.69) is 12.0 Å². The van der Waals surface area contributed by atoms with Gasteiger partial charge in [-0.3, -0.25) is 9.59 Å². The van der Waals surface area contributed by atoms with Gasteiger partial charge in [-0.25, -0.2) is 0 Å².